The van der Waals surface area contributed by atoms with Gasteiger partial charge in [-0.3, -0.25) is 0 Å². The van der Waals surface area contributed by atoms with E-state index in [-0.39, 0.29) is 10.6 Å². The molecule has 0 spiro atoms. The third kappa shape index (κ3) is 2.87. The monoisotopic (exact) mass is 263 g/mol. The van der Waals surface area contributed by atoms with Crippen LogP contribution in [0, 0.1) is 0 Å². The Balaban J connectivity index is 3.57. The highest BCUT2D eigenvalue weighted by molar-refractivity contribution is 6.31. The number of nitrogens with zero attached hydrogens (tertiary/aromatic N) is 1. The molecule has 1 aromatic carbocycles. The molecule has 0 radical (unpaired) electrons. The van der Waals surface area contributed by atoms with Crippen LogP contribution >= 0.6 is 11.6 Å². The van der Waals surface area contributed by atoms with Crippen LogP contribution in [0.1, 0.15) is 25.0 Å². The molecule has 0 saturated carbocycles. The van der Waals surface area contributed by atoms with Crippen LogP contribution in [-0.2, 0) is 16.5 Å². The highest BCUT2D eigenvalue weighted by Gasteiger charge is 2.39. The normalized spacial score (nSPS) is 12.1. The lowest BCUT2D eigenvalue weighted by atomic mass is 9.90. The number of hydrogen-bond donors (Lipinski definition) is 0. The molecule has 1 rings (SSSR count). The molecular weight excluding hydrogens is 255 g/mol. The third-order valence-electron chi connectivity index (χ3n) is 2.26. The Labute approximate surface area is 101 Å². The number of isocyanates is 1. The zero-order valence-corrected chi connectivity index (χ0v) is 9.86. The molecule has 0 atom stereocenters. The highest BCUT2D eigenvalue weighted by Crippen LogP contribution is 2.41. The van der Waals surface area contributed by atoms with Crippen molar-refractivity contribution in [2.24, 2.45) is 4.99 Å². The van der Waals surface area contributed by atoms with Gasteiger partial charge in [0.05, 0.1) is 11.1 Å². The first-order valence-corrected chi connectivity index (χ1v) is 5.03. The molecule has 0 N–H and O–H groups in total. The Hall–Kier alpha value is -1.32. The van der Waals surface area contributed by atoms with Gasteiger partial charge in [0.1, 0.15) is 0 Å². The second-order valence-electron chi connectivity index (χ2n) is 3.92. The minimum absolute atomic E-state index is 0.0798. The van der Waals surface area contributed by atoms with E-state index in [0.29, 0.717) is 0 Å². The number of alkyl halides is 3. The van der Waals surface area contributed by atoms with Gasteiger partial charge >= 0.3 is 6.18 Å². The van der Waals surface area contributed by atoms with Crippen molar-refractivity contribution in [1.29, 1.82) is 0 Å². The SMILES string of the molecule is CC(C)(N=C=O)c1c(Cl)cccc1C(F)(F)F. The van der Waals surface area contributed by atoms with Crippen molar-refractivity contribution in [2.75, 3.05) is 0 Å². The van der Waals surface area contributed by atoms with Gasteiger partial charge in [0, 0.05) is 10.6 Å². The van der Waals surface area contributed by atoms with Crippen molar-refractivity contribution < 1.29 is 18.0 Å². The summed E-state index contributed by atoms with van der Waals surface area (Å²) >= 11 is 5.77. The smallest absolute Gasteiger partial charge is 0.211 e. The van der Waals surface area contributed by atoms with E-state index < -0.39 is 17.3 Å². The summed E-state index contributed by atoms with van der Waals surface area (Å²) in [5.41, 5.74) is -2.49. The Morgan fingerprint density at radius 3 is 2.35 bits per heavy atom. The van der Waals surface area contributed by atoms with Gasteiger partial charge in [-0.05, 0) is 26.0 Å². The molecule has 0 aliphatic carbocycles. The van der Waals surface area contributed by atoms with E-state index >= 15 is 0 Å². The largest absolute Gasteiger partial charge is 0.416 e. The number of hydrogen-bond acceptors (Lipinski definition) is 2. The van der Waals surface area contributed by atoms with E-state index in [9.17, 15) is 18.0 Å². The predicted molar refractivity (Wildman–Crippen MR) is 57.6 cm³/mol. The molecule has 92 valence electrons. The van der Waals surface area contributed by atoms with Gasteiger partial charge < -0.3 is 0 Å². The van der Waals surface area contributed by atoms with Gasteiger partial charge in [0.2, 0.25) is 6.08 Å². The van der Waals surface area contributed by atoms with Crippen LogP contribution in [0.25, 0.3) is 0 Å². The zero-order valence-electron chi connectivity index (χ0n) is 9.10. The highest BCUT2D eigenvalue weighted by atomic mass is 35.5. The Morgan fingerprint density at radius 2 is 1.88 bits per heavy atom. The Bertz CT molecular complexity index is 476. The fourth-order valence-corrected chi connectivity index (χ4v) is 1.96. The van der Waals surface area contributed by atoms with Gasteiger partial charge in [-0.2, -0.15) is 18.2 Å². The fourth-order valence-electron chi connectivity index (χ4n) is 1.55. The lowest BCUT2D eigenvalue weighted by molar-refractivity contribution is -0.138. The van der Waals surface area contributed by atoms with Crippen LogP contribution < -0.4 is 0 Å². The number of aliphatic imine (C=N–C) groups is 1. The molecule has 0 amide bonds. The van der Waals surface area contributed by atoms with E-state index in [2.05, 4.69) is 4.99 Å². The molecule has 2 nitrogen and oxygen atoms in total. The molecular formula is C11H9ClF3NO. The summed E-state index contributed by atoms with van der Waals surface area (Å²) in [5, 5.41) is -0.0798. The van der Waals surface area contributed by atoms with E-state index in [1.54, 1.807) is 0 Å². The van der Waals surface area contributed by atoms with Crippen molar-refractivity contribution in [3.63, 3.8) is 0 Å². The molecule has 0 aliphatic rings. The van der Waals surface area contributed by atoms with E-state index in [1.807, 2.05) is 0 Å². The molecule has 0 fully saturated rings. The third-order valence-corrected chi connectivity index (χ3v) is 2.57. The second-order valence-corrected chi connectivity index (χ2v) is 4.33. The molecule has 6 heteroatoms. The Morgan fingerprint density at radius 1 is 1.29 bits per heavy atom. The number of carbonyl (C=O) groups excluding carboxylic acids is 1. The molecule has 0 aliphatic heterocycles. The van der Waals surface area contributed by atoms with Gasteiger partial charge in [-0.25, -0.2) is 4.79 Å². The predicted octanol–water partition coefficient (Wildman–Crippen LogP) is 3.93. The molecule has 1 aromatic rings. The summed E-state index contributed by atoms with van der Waals surface area (Å²) < 4.78 is 38.4. The summed E-state index contributed by atoms with van der Waals surface area (Å²) in [5.74, 6) is 0. The lowest BCUT2D eigenvalue weighted by Gasteiger charge is -2.24. The van der Waals surface area contributed by atoms with Gasteiger partial charge in [0.15, 0.2) is 0 Å². The second kappa shape index (κ2) is 4.51. The van der Waals surface area contributed by atoms with Gasteiger partial charge in [-0.15, -0.1) is 0 Å². The number of rotatable bonds is 2. The maximum Gasteiger partial charge on any atom is 0.416 e. The minimum atomic E-state index is -4.55. The van der Waals surface area contributed by atoms with Crippen molar-refractivity contribution >= 4 is 17.7 Å². The van der Waals surface area contributed by atoms with Crippen molar-refractivity contribution in [3.05, 3.63) is 34.3 Å². The summed E-state index contributed by atoms with van der Waals surface area (Å²) in [6, 6.07) is 3.44. The number of benzene rings is 1. The van der Waals surface area contributed by atoms with Crippen molar-refractivity contribution in [2.45, 2.75) is 25.6 Å². The summed E-state index contributed by atoms with van der Waals surface area (Å²) in [4.78, 5) is 13.6. The minimum Gasteiger partial charge on any atom is -0.211 e. The maximum atomic E-state index is 12.8. The average molecular weight is 264 g/mol. The Kier molecular flexibility index (Phi) is 3.65. The van der Waals surface area contributed by atoms with E-state index in [4.69, 9.17) is 11.6 Å². The quantitative estimate of drug-likeness (QED) is 0.587. The molecule has 0 heterocycles. The van der Waals surface area contributed by atoms with Gasteiger partial charge in [0.25, 0.3) is 0 Å². The van der Waals surface area contributed by atoms with E-state index in [1.165, 1.54) is 32.1 Å². The average Bonchev–Trinajstić information content (AvgIpc) is 2.15. The maximum absolute atomic E-state index is 12.8. The fraction of sp³-hybridized carbons (Fsp3) is 0.364. The molecule has 0 unspecified atom stereocenters. The van der Waals surface area contributed by atoms with Crippen LogP contribution in [0.3, 0.4) is 0 Å². The first kappa shape index (κ1) is 13.7. The van der Waals surface area contributed by atoms with Crippen molar-refractivity contribution in [3.8, 4) is 0 Å². The summed E-state index contributed by atoms with van der Waals surface area (Å²) in [6.45, 7) is 2.74. The topological polar surface area (TPSA) is 29.4 Å². The van der Waals surface area contributed by atoms with Gasteiger partial charge in [-0.1, -0.05) is 17.7 Å². The van der Waals surface area contributed by atoms with Crippen molar-refractivity contribution in [1.82, 2.24) is 0 Å². The van der Waals surface area contributed by atoms with Crippen LogP contribution in [0.4, 0.5) is 13.2 Å². The van der Waals surface area contributed by atoms with Crippen LogP contribution in [0.15, 0.2) is 23.2 Å². The van der Waals surface area contributed by atoms with Crippen LogP contribution in [0.2, 0.25) is 5.02 Å². The van der Waals surface area contributed by atoms with Crippen LogP contribution in [0.5, 0.6) is 0 Å². The zero-order chi connectivity index (χ0) is 13.3. The molecule has 17 heavy (non-hydrogen) atoms. The molecule has 0 aromatic heterocycles. The summed E-state index contributed by atoms with van der Waals surface area (Å²) in [7, 11) is 0. The molecule has 0 saturated heterocycles. The molecule has 0 bridgehead atoms. The number of halogens is 4. The summed E-state index contributed by atoms with van der Waals surface area (Å²) in [6.07, 6.45) is -3.28. The van der Waals surface area contributed by atoms with Crippen LogP contribution in [-0.4, -0.2) is 6.08 Å². The first-order valence-electron chi connectivity index (χ1n) is 4.65. The standard InChI is InChI=1S/C11H9ClF3NO/c1-10(2,16-6-17)9-7(11(13,14)15)4-3-5-8(9)12/h3-5H,1-2H3. The van der Waals surface area contributed by atoms with E-state index in [0.717, 1.165) is 6.07 Å². The first-order chi connectivity index (χ1) is 7.70. The lowest BCUT2D eigenvalue weighted by Crippen LogP contribution is -2.21.